The summed E-state index contributed by atoms with van der Waals surface area (Å²) in [4.78, 5) is 22.0. The summed E-state index contributed by atoms with van der Waals surface area (Å²) >= 11 is 0. The lowest BCUT2D eigenvalue weighted by Gasteiger charge is -2.07. The highest BCUT2D eigenvalue weighted by Gasteiger charge is 2.04. The van der Waals surface area contributed by atoms with Crippen molar-refractivity contribution >= 4 is 17.6 Å². The molecule has 0 unspecified atom stereocenters. The summed E-state index contributed by atoms with van der Waals surface area (Å²) in [5, 5.41) is 15.1. The fourth-order valence-corrected chi connectivity index (χ4v) is 1.52. The molecule has 0 aliphatic rings. The van der Waals surface area contributed by atoms with Gasteiger partial charge in [-0.15, -0.1) is 0 Å². The molecule has 20 heavy (non-hydrogen) atoms. The smallest absolute Gasteiger partial charge is 0.341 e. The van der Waals surface area contributed by atoms with Crippen molar-refractivity contribution in [3.8, 4) is 5.75 Å². The number of anilines is 1. The highest BCUT2D eigenvalue weighted by molar-refractivity contribution is 5.90. The van der Waals surface area contributed by atoms with E-state index in [2.05, 4.69) is 10.4 Å². The van der Waals surface area contributed by atoms with Gasteiger partial charge >= 0.3 is 5.97 Å². The van der Waals surface area contributed by atoms with Crippen LogP contribution >= 0.6 is 0 Å². The van der Waals surface area contributed by atoms with Crippen molar-refractivity contribution in [2.75, 3.05) is 11.9 Å². The minimum atomic E-state index is -1.04. The zero-order valence-electron chi connectivity index (χ0n) is 10.5. The molecule has 2 aromatic rings. The van der Waals surface area contributed by atoms with Crippen molar-refractivity contribution < 1.29 is 19.4 Å². The van der Waals surface area contributed by atoms with Gasteiger partial charge in [-0.25, -0.2) is 4.79 Å². The first-order chi connectivity index (χ1) is 9.63. The molecule has 1 amide bonds. The van der Waals surface area contributed by atoms with Crippen LogP contribution in [0.1, 0.15) is 0 Å². The van der Waals surface area contributed by atoms with Gasteiger partial charge in [-0.1, -0.05) is 0 Å². The Morgan fingerprint density at radius 2 is 2.05 bits per heavy atom. The second kappa shape index (κ2) is 6.37. The SMILES string of the molecule is O=C(O)COc1ccc(NC(=O)Cn2cccn2)cc1. The lowest BCUT2D eigenvalue weighted by molar-refractivity contribution is -0.139. The monoisotopic (exact) mass is 275 g/mol. The highest BCUT2D eigenvalue weighted by atomic mass is 16.5. The molecular formula is C13H13N3O4. The molecule has 0 saturated heterocycles. The van der Waals surface area contributed by atoms with Gasteiger partial charge in [-0.05, 0) is 30.3 Å². The Bertz CT molecular complexity index is 578. The van der Waals surface area contributed by atoms with E-state index < -0.39 is 12.6 Å². The number of ether oxygens (including phenoxy) is 1. The van der Waals surface area contributed by atoms with Crippen LogP contribution in [-0.4, -0.2) is 33.4 Å². The van der Waals surface area contributed by atoms with Gasteiger partial charge in [0.2, 0.25) is 5.91 Å². The summed E-state index contributed by atoms with van der Waals surface area (Å²) in [5.41, 5.74) is 0.602. The molecule has 2 rings (SSSR count). The quantitative estimate of drug-likeness (QED) is 0.819. The molecule has 0 atom stereocenters. The summed E-state index contributed by atoms with van der Waals surface area (Å²) < 4.78 is 6.50. The molecule has 1 heterocycles. The van der Waals surface area contributed by atoms with Gasteiger partial charge < -0.3 is 15.2 Å². The normalized spacial score (nSPS) is 10.0. The van der Waals surface area contributed by atoms with Crippen LogP contribution in [0.25, 0.3) is 0 Å². The summed E-state index contributed by atoms with van der Waals surface area (Å²) in [6.45, 7) is -0.269. The number of nitrogens with one attached hydrogen (secondary N) is 1. The van der Waals surface area contributed by atoms with Gasteiger partial charge in [-0.3, -0.25) is 9.48 Å². The Morgan fingerprint density at radius 3 is 2.65 bits per heavy atom. The number of rotatable bonds is 6. The first kappa shape index (κ1) is 13.6. The Hall–Kier alpha value is -2.83. The fourth-order valence-electron chi connectivity index (χ4n) is 1.52. The number of aromatic nitrogens is 2. The maximum absolute atomic E-state index is 11.7. The minimum Gasteiger partial charge on any atom is -0.482 e. The number of hydrogen-bond donors (Lipinski definition) is 2. The van der Waals surface area contributed by atoms with E-state index in [4.69, 9.17) is 9.84 Å². The number of amides is 1. The van der Waals surface area contributed by atoms with Gasteiger partial charge in [0.1, 0.15) is 12.3 Å². The zero-order valence-corrected chi connectivity index (χ0v) is 10.5. The summed E-state index contributed by atoms with van der Waals surface area (Å²) in [7, 11) is 0. The van der Waals surface area contributed by atoms with Crippen LogP contribution in [0.2, 0.25) is 0 Å². The van der Waals surface area contributed by atoms with Gasteiger partial charge in [0.15, 0.2) is 6.61 Å². The first-order valence-corrected chi connectivity index (χ1v) is 5.85. The Labute approximate surface area is 114 Å². The molecule has 0 bridgehead atoms. The van der Waals surface area contributed by atoms with Crippen LogP contribution in [0.4, 0.5) is 5.69 Å². The van der Waals surface area contributed by atoms with E-state index in [0.717, 1.165) is 0 Å². The Balaban J connectivity index is 1.86. The van der Waals surface area contributed by atoms with Crippen molar-refractivity contribution in [2.45, 2.75) is 6.54 Å². The third kappa shape index (κ3) is 4.13. The number of carbonyl (C=O) groups excluding carboxylic acids is 1. The molecule has 1 aromatic heterocycles. The second-order valence-corrected chi connectivity index (χ2v) is 3.96. The first-order valence-electron chi connectivity index (χ1n) is 5.85. The van der Waals surface area contributed by atoms with E-state index in [1.54, 1.807) is 42.7 Å². The van der Waals surface area contributed by atoms with Gasteiger partial charge in [0.05, 0.1) is 0 Å². The molecule has 1 aromatic carbocycles. The van der Waals surface area contributed by atoms with Gasteiger partial charge in [0, 0.05) is 18.1 Å². The molecule has 7 nitrogen and oxygen atoms in total. The van der Waals surface area contributed by atoms with Crippen LogP contribution in [0, 0.1) is 0 Å². The molecule has 0 spiro atoms. The van der Waals surface area contributed by atoms with Crippen LogP contribution in [-0.2, 0) is 16.1 Å². The topological polar surface area (TPSA) is 93.5 Å². The summed E-state index contributed by atoms with van der Waals surface area (Å²) in [5.74, 6) is -0.813. The lowest BCUT2D eigenvalue weighted by Crippen LogP contribution is -2.18. The number of carboxylic acids is 1. The molecule has 0 fully saturated rings. The van der Waals surface area contributed by atoms with E-state index in [1.165, 1.54) is 4.68 Å². The van der Waals surface area contributed by atoms with Gasteiger partial charge in [0.25, 0.3) is 0 Å². The lowest BCUT2D eigenvalue weighted by atomic mass is 10.3. The molecule has 2 N–H and O–H groups in total. The molecule has 0 aliphatic heterocycles. The predicted molar refractivity (Wildman–Crippen MR) is 70.4 cm³/mol. The Kier molecular flexibility index (Phi) is 4.33. The molecule has 7 heteroatoms. The molecule has 0 saturated carbocycles. The van der Waals surface area contributed by atoms with Crippen molar-refractivity contribution in [2.24, 2.45) is 0 Å². The minimum absolute atomic E-state index is 0.129. The van der Waals surface area contributed by atoms with Crippen molar-refractivity contribution in [3.05, 3.63) is 42.7 Å². The largest absolute Gasteiger partial charge is 0.482 e. The number of benzene rings is 1. The predicted octanol–water partition coefficient (Wildman–Crippen LogP) is 0.985. The molecule has 0 aliphatic carbocycles. The summed E-state index contributed by atoms with van der Waals surface area (Å²) in [6.07, 6.45) is 3.30. The number of aliphatic carboxylic acids is 1. The van der Waals surface area contributed by atoms with E-state index >= 15 is 0 Å². The number of carboxylic acid groups (broad SMARTS) is 1. The maximum Gasteiger partial charge on any atom is 0.341 e. The van der Waals surface area contributed by atoms with E-state index in [-0.39, 0.29) is 12.5 Å². The average Bonchev–Trinajstić information content (AvgIpc) is 2.90. The second-order valence-electron chi connectivity index (χ2n) is 3.96. The van der Waals surface area contributed by atoms with Crippen molar-refractivity contribution in [3.63, 3.8) is 0 Å². The third-order valence-corrected chi connectivity index (χ3v) is 2.37. The van der Waals surface area contributed by atoms with Crippen LogP contribution in [0.15, 0.2) is 42.7 Å². The van der Waals surface area contributed by atoms with Crippen LogP contribution in [0.5, 0.6) is 5.75 Å². The standard InChI is InChI=1S/C13H13N3O4/c17-12(8-16-7-1-6-14-16)15-10-2-4-11(5-3-10)20-9-13(18)19/h1-7H,8-9H2,(H,15,17)(H,18,19). The molecule has 104 valence electrons. The molecule has 0 radical (unpaired) electrons. The highest BCUT2D eigenvalue weighted by Crippen LogP contribution is 2.15. The van der Waals surface area contributed by atoms with E-state index in [0.29, 0.717) is 11.4 Å². The molecular weight excluding hydrogens is 262 g/mol. The van der Waals surface area contributed by atoms with E-state index in [1.807, 2.05) is 0 Å². The zero-order chi connectivity index (χ0) is 14.4. The van der Waals surface area contributed by atoms with Gasteiger partial charge in [-0.2, -0.15) is 5.10 Å². The third-order valence-electron chi connectivity index (χ3n) is 2.37. The van der Waals surface area contributed by atoms with Crippen LogP contribution in [0.3, 0.4) is 0 Å². The fraction of sp³-hybridized carbons (Fsp3) is 0.154. The summed E-state index contributed by atoms with van der Waals surface area (Å²) in [6, 6.07) is 8.19. The Morgan fingerprint density at radius 1 is 1.30 bits per heavy atom. The number of hydrogen-bond acceptors (Lipinski definition) is 4. The van der Waals surface area contributed by atoms with Crippen molar-refractivity contribution in [1.82, 2.24) is 9.78 Å². The van der Waals surface area contributed by atoms with E-state index in [9.17, 15) is 9.59 Å². The van der Waals surface area contributed by atoms with Crippen LogP contribution < -0.4 is 10.1 Å². The maximum atomic E-state index is 11.7. The van der Waals surface area contributed by atoms with Crippen molar-refractivity contribution in [1.29, 1.82) is 0 Å². The number of carbonyl (C=O) groups is 2. The number of nitrogens with zero attached hydrogens (tertiary/aromatic N) is 2. The average molecular weight is 275 g/mol.